The third kappa shape index (κ3) is 5.22. The van der Waals surface area contributed by atoms with Gasteiger partial charge >= 0.3 is 0 Å². The summed E-state index contributed by atoms with van der Waals surface area (Å²) < 4.78 is 7.30. The highest BCUT2D eigenvalue weighted by atomic mass is 32.1. The Labute approximate surface area is 354 Å². The standard InChI is InChI=1S/C55H33N5S/c1-3-16-35(17-4-1)53-56-54(36-18-5-2-6-19-36)58-55(57-53)60-47-25-13-10-22-41(47)44-30-29-43-40-21-9-12-24-46(40)59(50(43)51(44)60)48-33-39(38-28-27-34-15-7-8-20-37(34)31-38)32-45-42-23-11-14-26-49(42)61-52(45)48/h1-33H. The third-order valence-corrected chi connectivity index (χ3v) is 13.3. The Morgan fingerprint density at radius 2 is 0.902 bits per heavy atom. The van der Waals surface area contributed by atoms with Gasteiger partial charge in [0.15, 0.2) is 11.6 Å². The molecule has 13 rings (SSSR count). The molecule has 0 aliphatic carbocycles. The van der Waals surface area contributed by atoms with Gasteiger partial charge in [-0.1, -0.05) is 164 Å². The van der Waals surface area contributed by atoms with Crippen molar-refractivity contribution in [2.75, 3.05) is 0 Å². The fourth-order valence-corrected chi connectivity index (χ4v) is 10.6. The van der Waals surface area contributed by atoms with Crippen molar-refractivity contribution < 1.29 is 0 Å². The minimum Gasteiger partial charge on any atom is -0.306 e. The van der Waals surface area contributed by atoms with Crippen LogP contribution in [0.15, 0.2) is 200 Å². The van der Waals surface area contributed by atoms with Crippen LogP contribution < -0.4 is 0 Å². The quantitative estimate of drug-likeness (QED) is 0.174. The Morgan fingerprint density at radius 1 is 0.344 bits per heavy atom. The second-order valence-corrected chi connectivity index (χ2v) is 16.7. The van der Waals surface area contributed by atoms with E-state index in [9.17, 15) is 0 Å². The molecule has 0 radical (unpaired) electrons. The van der Waals surface area contributed by atoms with Crippen molar-refractivity contribution in [2.45, 2.75) is 0 Å². The SMILES string of the molecule is c1ccc(-c2nc(-c3ccccc3)nc(-n3c4ccccc4c4ccc5c6ccccc6n(-c6cc(-c7ccc8ccccc8c7)cc7c6sc6ccccc67)c5c43)n2)cc1. The van der Waals surface area contributed by atoms with Crippen LogP contribution in [-0.2, 0) is 0 Å². The molecular formula is C55H33N5S. The lowest BCUT2D eigenvalue weighted by atomic mass is 9.98. The van der Waals surface area contributed by atoms with E-state index in [0.717, 1.165) is 55.0 Å². The highest BCUT2D eigenvalue weighted by Gasteiger charge is 2.25. The van der Waals surface area contributed by atoms with Crippen molar-refractivity contribution in [2.24, 2.45) is 0 Å². The largest absolute Gasteiger partial charge is 0.306 e. The molecule has 284 valence electrons. The van der Waals surface area contributed by atoms with Gasteiger partial charge in [0.05, 0.1) is 32.5 Å². The van der Waals surface area contributed by atoms with Gasteiger partial charge in [-0.05, 0) is 58.3 Å². The average Bonchev–Trinajstić information content (AvgIpc) is 3.99. The van der Waals surface area contributed by atoms with Crippen LogP contribution in [0.1, 0.15) is 0 Å². The number of hydrogen-bond acceptors (Lipinski definition) is 4. The lowest BCUT2D eigenvalue weighted by molar-refractivity contribution is 0.953. The molecule has 0 saturated carbocycles. The summed E-state index contributed by atoms with van der Waals surface area (Å²) in [5, 5.41) is 9.59. The van der Waals surface area contributed by atoms with Crippen LogP contribution in [0, 0.1) is 0 Å². The van der Waals surface area contributed by atoms with Crippen molar-refractivity contribution in [1.29, 1.82) is 0 Å². The molecule has 0 amide bonds. The van der Waals surface area contributed by atoms with Crippen LogP contribution in [0.2, 0.25) is 0 Å². The molecule has 4 aromatic heterocycles. The van der Waals surface area contributed by atoms with Crippen LogP contribution in [0.5, 0.6) is 0 Å². The molecule has 0 bridgehead atoms. The van der Waals surface area contributed by atoms with E-state index in [1.54, 1.807) is 0 Å². The van der Waals surface area contributed by atoms with Crippen molar-refractivity contribution in [3.63, 3.8) is 0 Å². The molecule has 0 unspecified atom stereocenters. The van der Waals surface area contributed by atoms with Crippen molar-refractivity contribution in [3.8, 4) is 45.5 Å². The van der Waals surface area contributed by atoms with Gasteiger partial charge in [-0.15, -0.1) is 11.3 Å². The predicted molar refractivity (Wildman–Crippen MR) is 255 cm³/mol. The molecule has 0 atom stereocenters. The van der Waals surface area contributed by atoms with Gasteiger partial charge in [0.1, 0.15) is 0 Å². The monoisotopic (exact) mass is 795 g/mol. The maximum Gasteiger partial charge on any atom is 0.238 e. The summed E-state index contributed by atoms with van der Waals surface area (Å²) >= 11 is 1.86. The molecule has 9 aromatic carbocycles. The minimum absolute atomic E-state index is 0.570. The van der Waals surface area contributed by atoms with Crippen LogP contribution in [0.25, 0.3) is 120 Å². The van der Waals surface area contributed by atoms with Gasteiger partial charge in [-0.25, -0.2) is 4.98 Å². The first-order valence-electron chi connectivity index (χ1n) is 20.5. The van der Waals surface area contributed by atoms with Gasteiger partial charge in [-0.3, -0.25) is 4.57 Å². The van der Waals surface area contributed by atoms with E-state index < -0.39 is 0 Å². The molecule has 0 aliphatic rings. The maximum absolute atomic E-state index is 5.33. The highest BCUT2D eigenvalue weighted by Crippen LogP contribution is 2.46. The van der Waals surface area contributed by atoms with E-state index in [4.69, 9.17) is 15.0 Å². The Hall–Kier alpha value is -7.93. The first kappa shape index (κ1) is 34.0. The summed E-state index contributed by atoms with van der Waals surface area (Å²) in [4.78, 5) is 15.7. The number of para-hydroxylation sites is 2. The van der Waals surface area contributed by atoms with Crippen molar-refractivity contribution in [1.82, 2.24) is 24.1 Å². The molecule has 0 N–H and O–H groups in total. The molecule has 0 aliphatic heterocycles. The summed E-state index contributed by atoms with van der Waals surface area (Å²) in [5.41, 5.74) is 9.68. The summed E-state index contributed by atoms with van der Waals surface area (Å²) in [7, 11) is 0. The molecule has 5 nitrogen and oxygen atoms in total. The number of rotatable bonds is 5. The smallest absolute Gasteiger partial charge is 0.238 e. The number of benzene rings is 9. The normalized spacial score (nSPS) is 11.9. The first-order valence-corrected chi connectivity index (χ1v) is 21.3. The number of nitrogens with zero attached hydrogens (tertiary/aromatic N) is 5. The predicted octanol–water partition coefficient (Wildman–Crippen LogP) is 14.6. The Bertz CT molecular complexity index is 3820. The zero-order valence-electron chi connectivity index (χ0n) is 32.7. The molecular weight excluding hydrogens is 763 g/mol. The van der Waals surface area contributed by atoms with Gasteiger partial charge in [0, 0.05) is 48.1 Å². The van der Waals surface area contributed by atoms with Crippen LogP contribution in [-0.4, -0.2) is 24.1 Å². The van der Waals surface area contributed by atoms with Gasteiger partial charge in [0.2, 0.25) is 5.95 Å². The maximum atomic E-state index is 5.33. The Kier molecular flexibility index (Phi) is 7.41. The molecule has 61 heavy (non-hydrogen) atoms. The van der Waals surface area contributed by atoms with E-state index in [1.807, 2.05) is 47.7 Å². The number of hydrogen-bond donors (Lipinski definition) is 0. The number of thiophene rings is 1. The van der Waals surface area contributed by atoms with E-state index >= 15 is 0 Å². The van der Waals surface area contributed by atoms with Gasteiger partial charge in [-0.2, -0.15) is 9.97 Å². The van der Waals surface area contributed by atoms with E-state index in [1.165, 1.54) is 47.5 Å². The summed E-state index contributed by atoms with van der Waals surface area (Å²) in [6.45, 7) is 0. The van der Waals surface area contributed by atoms with Crippen LogP contribution >= 0.6 is 11.3 Å². The molecule has 0 spiro atoms. The first-order chi connectivity index (χ1) is 30.2. The van der Waals surface area contributed by atoms with Crippen molar-refractivity contribution in [3.05, 3.63) is 200 Å². The highest BCUT2D eigenvalue weighted by molar-refractivity contribution is 7.26. The van der Waals surface area contributed by atoms with E-state index in [-0.39, 0.29) is 0 Å². The van der Waals surface area contributed by atoms with Crippen LogP contribution in [0.4, 0.5) is 0 Å². The minimum atomic E-state index is 0.570. The molecule has 4 heterocycles. The molecule has 0 saturated heterocycles. The summed E-state index contributed by atoms with van der Waals surface area (Å²) in [6.07, 6.45) is 0. The lowest BCUT2D eigenvalue weighted by Gasteiger charge is -2.15. The number of aromatic nitrogens is 5. The second-order valence-electron chi connectivity index (χ2n) is 15.6. The zero-order chi connectivity index (χ0) is 40.0. The van der Waals surface area contributed by atoms with Crippen molar-refractivity contribution >= 4 is 85.9 Å². The zero-order valence-corrected chi connectivity index (χ0v) is 33.5. The van der Waals surface area contributed by atoms with Gasteiger partial charge in [0.25, 0.3) is 0 Å². The lowest BCUT2D eigenvalue weighted by Crippen LogP contribution is -2.07. The molecule has 0 fully saturated rings. The fourth-order valence-electron chi connectivity index (χ4n) is 9.37. The van der Waals surface area contributed by atoms with Crippen LogP contribution in [0.3, 0.4) is 0 Å². The molecule has 6 heteroatoms. The number of fused-ring (bicyclic) bond motifs is 11. The second kappa shape index (κ2) is 13.3. The van der Waals surface area contributed by atoms with E-state index in [0.29, 0.717) is 17.6 Å². The topological polar surface area (TPSA) is 48.5 Å². The fraction of sp³-hybridized carbons (Fsp3) is 0. The third-order valence-electron chi connectivity index (χ3n) is 12.1. The Morgan fingerprint density at radius 3 is 1.59 bits per heavy atom. The average molecular weight is 796 g/mol. The van der Waals surface area contributed by atoms with E-state index in [2.05, 4.69) is 173 Å². The molecule has 13 aromatic rings. The Balaban J connectivity index is 1.20. The summed E-state index contributed by atoms with van der Waals surface area (Å²) in [6, 6.07) is 71.5. The van der Waals surface area contributed by atoms with Gasteiger partial charge < -0.3 is 4.57 Å². The summed E-state index contributed by atoms with van der Waals surface area (Å²) in [5.74, 6) is 1.82.